The number of rotatable bonds is 3. The standard InChI is InChI=1S/C21H17F3N4O4S/c1-9-2-3-32-16-8-27-7-12(18(29)19(30)17(27)21(31)28(9)16)20-26-25-15(33-20)6-11-13(23)4-10(22)5-14(11)24/h4-5,7,9,16,30H,2-3,6,8H2,1H3/t9-,16+/m0/s1. The highest BCUT2D eigenvalue weighted by Crippen LogP contribution is 2.32. The van der Waals surface area contributed by atoms with Crippen LogP contribution in [0.5, 0.6) is 5.75 Å². The van der Waals surface area contributed by atoms with E-state index in [0.717, 1.165) is 11.3 Å². The number of fused-ring (bicyclic) bond motifs is 2. The van der Waals surface area contributed by atoms with Crippen molar-refractivity contribution in [2.45, 2.75) is 38.6 Å². The Morgan fingerprint density at radius 3 is 2.67 bits per heavy atom. The molecular formula is C21H17F3N4O4S. The van der Waals surface area contributed by atoms with E-state index in [-0.39, 0.29) is 45.8 Å². The summed E-state index contributed by atoms with van der Waals surface area (Å²) >= 11 is 0.900. The molecule has 3 aromatic rings. The van der Waals surface area contributed by atoms with Gasteiger partial charge in [-0.2, -0.15) is 0 Å². The van der Waals surface area contributed by atoms with Gasteiger partial charge in [-0.3, -0.25) is 9.59 Å². The van der Waals surface area contributed by atoms with Crippen molar-refractivity contribution in [2.24, 2.45) is 0 Å². The third kappa shape index (κ3) is 3.59. The third-order valence-corrected chi connectivity index (χ3v) is 6.76. The number of hydrogen-bond acceptors (Lipinski definition) is 7. The molecule has 12 heteroatoms. The molecular weight excluding hydrogens is 461 g/mol. The Bertz CT molecular complexity index is 1320. The summed E-state index contributed by atoms with van der Waals surface area (Å²) in [7, 11) is 0. The summed E-state index contributed by atoms with van der Waals surface area (Å²) in [5, 5.41) is 18.7. The van der Waals surface area contributed by atoms with E-state index in [4.69, 9.17) is 4.74 Å². The van der Waals surface area contributed by atoms with Crippen molar-refractivity contribution in [3.63, 3.8) is 0 Å². The topological polar surface area (TPSA) is 97.5 Å². The van der Waals surface area contributed by atoms with E-state index in [0.29, 0.717) is 25.2 Å². The van der Waals surface area contributed by atoms with Crippen LogP contribution in [0.2, 0.25) is 0 Å². The van der Waals surface area contributed by atoms with Crippen LogP contribution in [0.3, 0.4) is 0 Å². The molecule has 1 saturated heterocycles. The summed E-state index contributed by atoms with van der Waals surface area (Å²) < 4.78 is 48.2. The quantitative estimate of drug-likeness (QED) is 0.622. The summed E-state index contributed by atoms with van der Waals surface area (Å²) in [4.78, 5) is 27.4. The average Bonchev–Trinajstić information content (AvgIpc) is 3.21. The zero-order valence-corrected chi connectivity index (χ0v) is 18.0. The molecule has 2 aliphatic rings. The van der Waals surface area contributed by atoms with E-state index in [1.165, 1.54) is 15.7 Å². The van der Waals surface area contributed by atoms with Crippen molar-refractivity contribution in [2.75, 3.05) is 6.61 Å². The minimum Gasteiger partial charge on any atom is -0.503 e. The Balaban J connectivity index is 1.51. The number of halogens is 3. The molecule has 172 valence electrons. The van der Waals surface area contributed by atoms with Gasteiger partial charge in [-0.25, -0.2) is 13.2 Å². The minimum atomic E-state index is -1.06. The molecule has 0 bridgehead atoms. The lowest BCUT2D eigenvalue weighted by molar-refractivity contribution is -0.112. The number of ether oxygens (including phenoxy) is 1. The fraction of sp³-hybridized carbons (Fsp3) is 0.333. The van der Waals surface area contributed by atoms with Gasteiger partial charge < -0.3 is 19.3 Å². The molecule has 2 aromatic heterocycles. The fourth-order valence-corrected chi connectivity index (χ4v) is 5.00. The lowest BCUT2D eigenvalue weighted by Gasteiger charge is -2.44. The van der Waals surface area contributed by atoms with Gasteiger partial charge in [0.05, 0.1) is 18.7 Å². The number of nitrogens with zero attached hydrogens (tertiary/aromatic N) is 4. The van der Waals surface area contributed by atoms with Crippen LogP contribution in [-0.2, 0) is 17.7 Å². The zero-order valence-electron chi connectivity index (χ0n) is 17.2. The van der Waals surface area contributed by atoms with E-state index in [1.54, 1.807) is 0 Å². The average molecular weight is 478 g/mol. The van der Waals surface area contributed by atoms with Gasteiger partial charge in [-0.1, -0.05) is 11.3 Å². The van der Waals surface area contributed by atoms with Gasteiger partial charge in [0, 0.05) is 36.4 Å². The summed E-state index contributed by atoms with van der Waals surface area (Å²) in [5.41, 5.74) is -1.32. The number of carbonyl (C=O) groups excluding carboxylic acids is 1. The van der Waals surface area contributed by atoms with Crippen LogP contribution in [0, 0.1) is 17.5 Å². The van der Waals surface area contributed by atoms with E-state index >= 15 is 0 Å². The van der Waals surface area contributed by atoms with Crippen molar-refractivity contribution >= 4 is 17.2 Å². The van der Waals surface area contributed by atoms with Crippen LogP contribution >= 0.6 is 11.3 Å². The number of pyridine rings is 1. The van der Waals surface area contributed by atoms with Gasteiger partial charge in [-0.15, -0.1) is 10.2 Å². The van der Waals surface area contributed by atoms with Crippen molar-refractivity contribution in [3.8, 4) is 16.3 Å². The van der Waals surface area contributed by atoms with Gasteiger partial charge in [-0.05, 0) is 13.3 Å². The molecule has 8 nitrogen and oxygen atoms in total. The van der Waals surface area contributed by atoms with Gasteiger partial charge in [0.15, 0.2) is 22.7 Å². The molecule has 1 N–H and O–H groups in total. The molecule has 0 radical (unpaired) electrons. The molecule has 1 amide bonds. The van der Waals surface area contributed by atoms with E-state index in [2.05, 4.69) is 10.2 Å². The maximum Gasteiger partial charge on any atom is 0.276 e. The lowest BCUT2D eigenvalue weighted by atomic mass is 10.1. The minimum absolute atomic E-state index is 0.00911. The first-order valence-electron chi connectivity index (χ1n) is 10.1. The molecule has 0 saturated carbocycles. The molecule has 1 aromatic carbocycles. The molecule has 1 fully saturated rings. The number of aromatic hydroxyl groups is 1. The van der Waals surface area contributed by atoms with Crippen LogP contribution in [0.15, 0.2) is 23.1 Å². The molecule has 4 heterocycles. The molecule has 33 heavy (non-hydrogen) atoms. The maximum atomic E-state index is 14.0. The monoisotopic (exact) mass is 478 g/mol. The number of benzene rings is 1. The molecule has 2 atom stereocenters. The van der Waals surface area contributed by atoms with Gasteiger partial charge in [0.1, 0.15) is 22.5 Å². The molecule has 5 rings (SSSR count). The number of carbonyl (C=O) groups is 1. The zero-order chi connectivity index (χ0) is 23.4. The Morgan fingerprint density at radius 2 is 1.94 bits per heavy atom. The van der Waals surface area contributed by atoms with Gasteiger partial charge >= 0.3 is 0 Å². The summed E-state index contributed by atoms with van der Waals surface area (Å²) in [6, 6.07) is 1.04. The highest BCUT2D eigenvalue weighted by Gasteiger charge is 2.40. The van der Waals surface area contributed by atoms with Crippen molar-refractivity contribution in [1.82, 2.24) is 19.7 Å². The second kappa shape index (κ2) is 7.96. The Kier molecular flexibility index (Phi) is 5.20. The van der Waals surface area contributed by atoms with Gasteiger partial charge in [0.2, 0.25) is 5.43 Å². The third-order valence-electron chi connectivity index (χ3n) is 5.81. The predicted molar refractivity (Wildman–Crippen MR) is 110 cm³/mol. The van der Waals surface area contributed by atoms with Crippen LogP contribution in [0.4, 0.5) is 13.2 Å². The first-order valence-corrected chi connectivity index (χ1v) is 10.9. The largest absolute Gasteiger partial charge is 0.503 e. The van der Waals surface area contributed by atoms with E-state index < -0.39 is 40.8 Å². The van der Waals surface area contributed by atoms with E-state index in [1.807, 2.05) is 6.92 Å². The van der Waals surface area contributed by atoms with Crippen molar-refractivity contribution < 1.29 is 27.8 Å². The molecule has 2 aliphatic heterocycles. The highest BCUT2D eigenvalue weighted by atomic mass is 32.1. The van der Waals surface area contributed by atoms with E-state index in [9.17, 15) is 27.9 Å². The first-order chi connectivity index (χ1) is 15.7. The first kappa shape index (κ1) is 21.6. The number of hydrogen-bond donors (Lipinski definition) is 1. The fourth-order valence-electron chi connectivity index (χ4n) is 4.14. The molecule has 0 aliphatic carbocycles. The number of amides is 1. The lowest BCUT2D eigenvalue weighted by Crippen LogP contribution is -2.56. The van der Waals surface area contributed by atoms with Crippen LogP contribution < -0.4 is 5.43 Å². The summed E-state index contributed by atoms with van der Waals surface area (Å²) in [6.07, 6.45) is 1.22. The summed E-state index contributed by atoms with van der Waals surface area (Å²) in [5.74, 6) is -4.35. The van der Waals surface area contributed by atoms with Crippen LogP contribution in [0.25, 0.3) is 10.6 Å². The smallest absolute Gasteiger partial charge is 0.276 e. The number of aromatic nitrogens is 3. The van der Waals surface area contributed by atoms with Crippen molar-refractivity contribution in [1.29, 1.82) is 0 Å². The predicted octanol–water partition coefficient (Wildman–Crippen LogP) is 2.67. The normalized spacial score (nSPS) is 20.0. The highest BCUT2D eigenvalue weighted by molar-refractivity contribution is 7.14. The second-order valence-corrected chi connectivity index (χ2v) is 8.98. The van der Waals surface area contributed by atoms with Crippen molar-refractivity contribution in [3.05, 3.63) is 62.3 Å². The Labute approximate surface area is 188 Å². The summed E-state index contributed by atoms with van der Waals surface area (Å²) in [6.45, 7) is 2.58. The second-order valence-electron chi connectivity index (χ2n) is 7.92. The Hall–Kier alpha value is -3.25. The molecule has 0 unspecified atom stereocenters. The SMILES string of the molecule is C[C@H]1CCO[C@@H]2Cn3cc(-c4nnc(Cc5c(F)cc(F)cc5F)s4)c(=O)c(O)c3C(=O)N12. The maximum absolute atomic E-state index is 14.0. The van der Waals surface area contributed by atoms with Crippen LogP contribution in [-0.4, -0.2) is 49.6 Å². The van der Waals surface area contributed by atoms with Crippen LogP contribution in [0.1, 0.15) is 34.4 Å². The van der Waals surface area contributed by atoms with Gasteiger partial charge in [0.25, 0.3) is 5.91 Å². The molecule has 0 spiro atoms. The Morgan fingerprint density at radius 1 is 1.21 bits per heavy atom.